The molecule has 2 aromatic carbocycles. The van der Waals surface area contributed by atoms with Crippen molar-refractivity contribution >= 4 is 45.0 Å². The molecule has 0 aliphatic carbocycles. The Morgan fingerprint density at radius 2 is 1.70 bits per heavy atom. The molecule has 0 fully saturated rings. The summed E-state index contributed by atoms with van der Waals surface area (Å²) in [6.45, 7) is 1.39. The SMILES string of the molecule is N#Cc1ccc(OP(=O)(O)C=NS(=O)(=O)c2cc3cc(OCCCN)c(OCCCN)cc3s2)cc1C(F)(F)F. The van der Waals surface area contributed by atoms with Gasteiger partial charge in [-0.2, -0.15) is 31.2 Å². The van der Waals surface area contributed by atoms with Crippen LogP contribution < -0.4 is 25.5 Å². The molecule has 3 rings (SSSR count). The second-order valence-corrected chi connectivity index (χ2v) is 12.5. The van der Waals surface area contributed by atoms with Crippen LogP contribution in [-0.4, -0.2) is 45.6 Å². The van der Waals surface area contributed by atoms with Crippen molar-refractivity contribution in [3.05, 3.63) is 47.5 Å². The Labute approximate surface area is 231 Å². The molecule has 1 atom stereocenters. The van der Waals surface area contributed by atoms with Crippen LogP contribution in [0.1, 0.15) is 24.0 Å². The number of alkyl halides is 3. The Morgan fingerprint density at radius 1 is 1.07 bits per heavy atom. The normalized spacial score (nSPS) is 13.7. The average molecular weight is 621 g/mol. The van der Waals surface area contributed by atoms with Gasteiger partial charge in [0, 0.05) is 10.8 Å². The largest absolute Gasteiger partial charge is 0.490 e. The van der Waals surface area contributed by atoms with Crippen molar-refractivity contribution in [3.63, 3.8) is 0 Å². The highest BCUT2D eigenvalue weighted by Gasteiger charge is 2.35. The maximum absolute atomic E-state index is 13.2. The van der Waals surface area contributed by atoms with Crippen LogP contribution in [0, 0.1) is 11.3 Å². The van der Waals surface area contributed by atoms with Crippen molar-refractivity contribution in [2.45, 2.75) is 23.2 Å². The molecule has 1 aromatic heterocycles. The van der Waals surface area contributed by atoms with Gasteiger partial charge in [0.25, 0.3) is 10.0 Å². The van der Waals surface area contributed by atoms with Gasteiger partial charge in [-0.3, -0.25) is 0 Å². The highest BCUT2D eigenvalue weighted by Crippen LogP contribution is 2.43. The zero-order valence-electron chi connectivity index (χ0n) is 20.6. The third kappa shape index (κ3) is 8.17. The summed E-state index contributed by atoms with van der Waals surface area (Å²) in [4.78, 5) is 10.0. The fourth-order valence-corrected chi connectivity index (χ4v) is 6.61. The van der Waals surface area contributed by atoms with E-state index in [2.05, 4.69) is 4.40 Å². The summed E-state index contributed by atoms with van der Waals surface area (Å²) >= 11 is 0.808. The molecule has 40 heavy (non-hydrogen) atoms. The molecule has 5 N–H and O–H groups in total. The molecule has 11 nitrogen and oxygen atoms in total. The summed E-state index contributed by atoms with van der Waals surface area (Å²) in [5.74, 6) is 0.117. The van der Waals surface area contributed by atoms with Crippen LogP contribution in [0.25, 0.3) is 10.1 Å². The lowest BCUT2D eigenvalue weighted by atomic mass is 10.1. The second-order valence-electron chi connectivity index (χ2n) is 8.05. The van der Waals surface area contributed by atoms with E-state index in [-0.39, 0.29) is 10.2 Å². The Morgan fingerprint density at radius 3 is 2.27 bits per heavy atom. The molecule has 0 saturated heterocycles. The number of rotatable bonds is 13. The van der Waals surface area contributed by atoms with Crippen molar-refractivity contribution in [3.8, 4) is 23.3 Å². The van der Waals surface area contributed by atoms with E-state index in [0.717, 1.165) is 23.5 Å². The molecule has 0 amide bonds. The summed E-state index contributed by atoms with van der Waals surface area (Å²) in [5, 5.41) is 9.33. The third-order valence-corrected chi connectivity index (χ3v) is 8.83. The molecule has 0 aliphatic heterocycles. The van der Waals surface area contributed by atoms with Crippen molar-refractivity contribution in [2.24, 2.45) is 15.9 Å². The number of thiophene rings is 1. The first-order chi connectivity index (χ1) is 18.8. The molecule has 0 spiro atoms. The number of nitrogens with zero attached hydrogens (tertiary/aromatic N) is 2. The topological polar surface area (TPSA) is 187 Å². The number of ether oxygens (including phenoxy) is 2. The van der Waals surface area contributed by atoms with E-state index in [1.165, 1.54) is 12.1 Å². The first-order valence-corrected chi connectivity index (χ1v) is 15.4. The van der Waals surface area contributed by atoms with Gasteiger partial charge in [-0.25, -0.2) is 4.57 Å². The molecular weight excluding hydrogens is 596 g/mol. The summed E-state index contributed by atoms with van der Waals surface area (Å²) < 4.78 is 97.1. The van der Waals surface area contributed by atoms with Gasteiger partial charge in [-0.15, -0.1) is 11.3 Å². The van der Waals surface area contributed by atoms with Gasteiger partial charge in [-0.05, 0) is 61.6 Å². The van der Waals surface area contributed by atoms with Crippen LogP contribution in [-0.2, 0) is 20.8 Å². The second kappa shape index (κ2) is 13.0. The molecule has 0 aliphatic rings. The lowest BCUT2D eigenvalue weighted by Gasteiger charge is -2.13. The quantitative estimate of drug-likeness (QED) is 0.142. The van der Waals surface area contributed by atoms with Crippen LogP contribution in [0.2, 0.25) is 0 Å². The highest BCUT2D eigenvalue weighted by atomic mass is 32.2. The average Bonchev–Trinajstić information content (AvgIpc) is 3.31. The van der Waals surface area contributed by atoms with E-state index < -0.39 is 40.7 Å². The van der Waals surface area contributed by atoms with Gasteiger partial charge < -0.3 is 30.4 Å². The minimum Gasteiger partial charge on any atom is -0.490 e. The molecule has 0 radical (unpaired) electrons. The molecule has 1 unspecified atom stereocenters. The summed E-state index contributed by atoms with van der Waals surface area (Å²) in [5.41, 5.74) is 8.89. The number of nitriles is 1. The molecule has 17 heteroatoms. The van der Waals surface area contributed by atoms with E-state index in [1.54, 1.807) is 12.1 Å². The monoisotopic (exact) mass is 620 g/mol. The standard InChI is InChI=1S/C23H24F3N4O7PS2/c24-23(25,26)18-11-17(4-3-15(18)13-29)37-38(31,32)14-30-40(33,34)22-10-16-9-19(35-7-1-5-27)20(12-21(16)39-22)36-8-2-6-28/h3-4,9-12,14H,1-2,5-8,27-28H2,(H,31,32). The van der Waals surface area contributed by atoms with Crippen LogP contribution in [0.3, 0.4) is 0 Å². The number of nitrogens with two attached hydrogens (primary N) is 2. The Kier molecular flexibility index (Phi) is 10.2. The predicted octanol–water partition coefficient (Wildman–Crippen LogP) is 4.23. The van der Waals surface area contributed by atoms with E-state index in [1.807, 2.05) is 0 Å². The molecule has 0 saturated carbocycles. The van der Waals surface area contributed by atoms with E-state index in [9.17, 15) is 31.0 Å². The smallest absolute Gasteiger partial charge is 0.420 e. The summed E-state index contributed by atoms with van der Waals surface area (Å²) in [6, 6.07) is 7.78. The van der Waals surface area contributed by atoms with Gasteiger partial charge >= 0.3 is 13.8 Å². The number of fused-ring (bicyclic) bond motifs is 1. The van der Waals surface area contributed by atoms with Crippen LogP contribution in [0.4, 0.5) is 13.2 Å². The predicted molar refractivity (Wildman–Crippen MR) is 142 cm³/mol. The number of hydrogen-bond donors (Lipinski definition) is 3. The lowest BCUT2D eigenvalue weighted by Crippen LogP contribution is -2.09. The van der Waals surface area contributed by atoms with Crippen LogP contribution >= 0.6 is 18.9 Å². The zero-order chi connectivity index (χ0) is 29.6. The first-order valence-electron chi connectivity index (χ1n) is 11.5. The zero-order valence-corrected chi connectivity index (χ0v) is 23.2. The van der Waals surface area contributed by atoms with E-state index >= 15 is 0 Å². The number of halogens is 3. The van der Waals surface area contributed by atoms with Gasteiger partial charge in [0.05, 0.1) is 30.4 Å². The van der Waals surface area contributed by atoms with E-state index in [0.29, 0.717) is 66.8 Å². The minimum absolute atomic E-state index is 0.112. The van der Waals surface area contributed by atoms with Gasteiger partial charge in [0.15, 0.2) is 11.5 Å². The Balaban J connectivity index is 1.87. The Bertz CT molecular complexity index is 1540. The lowest BCUT2D eigenvalue weighted by molar-refractivity contribution is -0.137. The fourth-order valence-electron chi connectivity index (χ4n) is 3.17. The molecule has 0 bridgehead atoms. The maximum atomic E-state index is 13.2. The fraction of sp³-hybridized carbons (Fsp3) is 0.304. The van der Waals surface area contributed by atoms with Crippen LogP contribution in [0.5, 0.6) is 17.2 Å². The van der Waals surface area contributed by atoms with Crippen molar-refractivity contribution < 1.29 is 45.0 Å². The van der Waals surface area contributed by atoms with E-state index in [4.69, 9.17) is 30.7 Å². The molecular formula is C23H24F3N4O7PS2. The third-order valence-electron chi connectivity index (χ3n) is 5.01. The maximum Gasteiger partial charge on any atom is 0.420 e. The molecule has 1 heterocycles. The van der Waals surface area contributed by atoms with Gasteiger partial charge in [-0.1, -0.05) is 0 Å². The first kappa shape index (κ1) is 31.3. The molecule has 216 valence electrons. The van der Waals surface area contributed by atoms with Crippen molar-refractivity contribution in [1.29, 1.82) is 5.26 Å². The summed E-state index contributed by atoms with van der Waals surface area (Å²) in [7, 11) is -9.50. The van der Waals surface area contributed by atoms with Gasteiger partial charge in [0.2, 0.25) is 0 Å². The van der Waals surface area contributed by atoms with Crippen LogP contribution in [0.15, 0.2) is 45.0 Å². The molecule has 3 aromatic rings. The number of sulfonamides is 1. The van der Waals surface area contributed by atoms with Crippen molar-refractivity contribution in [1.82, 2.24) is 0 Å². The number of benzene rings is 2. The summed E-state index contributed by atoms with van der Waals surface area (Å²) in [6.07, 6.45) is -3.79. The van der Waals surface area contributed by atoms with Crippen molar-refractivity contribution in [2.75, 3.05) is 26.3 Å². The highest BCUT2D eigenvalue weighted by molar-refractivity contribution is 7.93. The number of hydrogen-bond acceptors (Lipinski definition) is 10. The minimum atomic E-state index is -4.99. The van der Waals surface area contributed by atoms with Gasteiger partial charge in [0.1, 0.15) is 15.9 Å². The Hall–Kier alpha value is -3.19.